The average Bonchev–Trinajstić information content (AvgIpc) is 2.57. The van der Waals surface area contributed by atoms with Crippen molar-refractivity contribution in [2.24, 2.45) is 7.05 Å². The van der Waals surface area contributed by atoms with Gasteiger partial charge in [0.05, 0.1) is 11.1 Å². The molecule has 0 atom stereocenters. The Morgan fingerprint density at radius 3 is 2.57 bits per heavy atom. The minimum atomic E-state index is -0.234. The zero-order chi connectivity index (χ0) is 16.4. The molecule has 0 unspecified atom stereocenters. The standard InChI is InChI=1S/C19H18N2O2/c1-13-7-3-4-8-14(13)12-20-19(23)16-11-18(22)21(2)17-10-6-5-9-15(16)17/h3-11H,12H2,1-2H3,(H,20,23). The highest BCUT2D eigenvalue weighted by Gasteiger charge is 2.13. The van der Waals surface area contributed by atoms with E-state index in [-0.39, 0.29) is 11.5 Å². The van der Waals surface area contributed by atoms with E-state index in [1.165, 1.54) is 6.07 Å². The van der Waals surface area contributed by atoms with Crippen molar-refractivity contribution < 1.29 is 4.79 Å². The van der Waals surface area contributed by atoms with E-state index < -0.39 is 0 Å². The fraction of sp³-hybridized carbons (Fsp3) is 0.158. The highest BCUT2D eigenvalue weighted by atomic mass is 16.2. The van der Waals surface area contributed by atoms with Crippen molar-refractivity contribution in [1.82, 2.24) is 9.88 Å². The monoisotopic (exact) mass is 306 g/mol. The molecule has 0 aliphatic carbocycles. The second-order valence-electron chi connectivity index (χ2n) is 5.58. The predicted molar refractivity (Wildman–Crippen MR) is 91.5 cm³/mol. The minimum absolute atomic E-state index is 0.190. The Hall–Kier alpha value is -2.88. The first-order chi connectivity index (χ1) is 11.1. The number of hydrogen-bond donors (Lipinski definition) is 1. The zero-order valence-electron chi connectivity index (χ0n) is 13.2. The van der Waals surface area contributed by atoms with Gasteiger partial charge in [0, 0.05) is 25.0 Å². The first kappa shape index (κ1) is 15.0. The van der Waals surface area contributed by atoms with Gasteiger partial charge in [-0.15, -0.1) is 0 Å². The number of amides is 1. The number of benzene rings is 2. The molecule has 1 aromatic heterocycles. The summed E-state index contributed by atoms with van der Waals surface area (Å²) in [5, 5.41) is 3.68. The Balaban J connectivity index is 1.94. The molecular formula is C19H18N2O2. The highest BCUT2D eigenvalue weighted by molar-refractivity contribution is 6.06. The number of nitrogens with zero attached hydrogens (tertiary/aromatic N) is 1. The largest absolute Gasteiger partial charge is 0.348 e. The Labute approximate surface area is 134 Å². The molecule has 0 aliphatic heterocycles. The molecule has 0 fully saturated rings. The molecule has 116 valence electrons. The maximum Gasteiger partial charge on any atom is 0.252 e. The van der Waals surface area contributed by atoms with Crippen molar-refractivity contribution in [3.63, 3.8) is 0 Å². The lowest BCUT2D eigenvalue weighted by molar-refractivity contribution is 0.0952. The molecule has 1 N–H and O–H groups in total. The molecule has 0 aliphatic rings. The fourth-order valence-electron chi connectivity index (χ4n) is 2.68. The van der Waals surface area contributed by atoms with Crippen molar-refractivity contribution >= 4 is 16.8 Å². The SMILES string of the molecule is Cc1ccccc1CNC(=O)c1cc(=O)n(C)c2ccccc12. The van der Waals surface area contributed by atoms with Crippen LogP contribution in [-0.2, 0) is 13.6 Å². The van der Waals surface area contributed by atoms with Crippen LogP contribution >= 0.6 is 0 Å². The number of nitrogens with one attached hydrogen (secondary N) is 1. The highest BCUT2D eigenvalue weighted by Crippen LogP contribution is 2.16. The molecule has 0 bridgehead atoms. The summed E-state index contributed by atoms with van der Waals surface area (Å²) in [5.41, 5.74) is 3.17. The molecule has 4 heteroatoms. The van der Waals surface area contributed by atoms with Crippen molar-refractivity contribution in [3.05, 3.63) is 81.6 Å². The normalized spacial score (nSPS) is 10.7. The van der Waals surface area contributed by atoms with Crippen molar-refractivity contribution in [1.29, 1.82) is 0 Å². The molecule has 1 heterocycles. The molecule has 4 nitrogen and oxygen atoms in total. The summed E-state index contributed by atoms with van der Waals surface area (Å²) in [6.07, 6.45) is 0. The number of carbonyl (C=O) groups is 1. The summed E-state index contributed by atoms with van der Waals surface area (Å²) in [6.45, 7) is 2.45. The third-order valence-corrected chi connectivity index (χ3v) is 4.10. The summed E-state index contributed by atoms with van der Waals surface area (Å²) in [7, 11) is 1.71. The molecule has 3 aromatic rings. The van der Waals surface area contributed by atoms with Crippen LogP contribution in [0.4, 0.5) is 0 Å². The van der Waals surface area contributed by atoms with Crippen LogP contribution in [0, 0.1) is 6.92 Å². The number of hydrogen-bond acceptors (Lipinski definition) is 2. The van der Waals surface area contributed by atoms with Crippen molar-refractivity contribution in [2.45, 2.75) is 13.5 Å². The van der Waals surface area contributed by atoms with Crippen LogP contribution in [0.25, 0.3) is 10.9 Å². The van der Waals surface area contributed by atoms with E-state index in [9.17, 15) is 9.59 Å². The first-order valence-electron chi connectivity index (χ1n) is 7.49. The predicted octanol–water partition coefficient (Wildman–Crippen LogP) is 2.78. The lowest BCUT2D eigenvalue weighted by Crippen LogP contribution is -2.26. The molecule has 1 amide bonds. The number of rotatable bonds is 3. The maximum absolute atomic E-state index is 12.5. The van der Waals surface area contributed by atoms with Crippen LogP contribution < -0.4 is 10.9 Å². The van der Waals surface area contributed by atoms with Gasteiger partial charge in [-0.3, -0.25) is 9.59 Å². The molecular weight excluding hydrogens is 288 g/mol. The van der Waals surface area contributed by atoms with Crippen LogP contribution in [0.5, 0.6) is 0 Å². The van der Waals surface area contributed by atoms with E-state index in [1.807, 2.05) is 55.5 Å². The van der Waals surface area contributed by atoms with Gasteiger partial charge in [-0.2, -0.15) is 0 Å². The topological polar surface area (TPSA) is 51.1 Å². The fourth-order valence-corrected chi connectivity index (χ4v) is 2.68. The van der Waals surface area contributed by atoms with E-state index in [4.69, 9.17) is 0 Å². The Morgan fingerprint density at radius 1 is 1.09 bits per heavy atom. The average molecular weight is 306 g/mol. The summed E-state index contributed by atoms with van der Waals surface area (Å²) in [6, 6.07) is 16.7. The van der Waals surface area contributed by atoms with E-state index in [1.54, 1.807) is 11.6 Å². The van der Waals surface area contributed by atoms with Crippen LogP contribution in [0.1, 0.15) is 21.5 Å². The van der Waals surface area contributed by atoms with Gasteiger partial charge in [0.15, 0.2) is 0 Å². The third kappa shape index (κ3) is 2.88. The number of pyridine rings is 1. The van der Waals surface area contributed by atoms with E-state index >= 15 is 0 Å². The van der Waals surface area contributed by atoms with Crippen molar-refractivity contribution in [3.8, 4) is 0 Å². The van der Waals surface area contributed by atoms with E-state index in [0.29, 0.717) is 12.1 Å². The lowest BCUT2D eigenvalue weighted by atomic mass is 10.1. The second-order valence-corrected chi connectivity index (χ2v) is 5.58. The number of aryl methyl sites for hydroxylation is 2. The van der Waals surface area contributed by atoms with Crippen LogP contribution in [0.3, 0.4) is 0 Å². The third-order valence-electron chi connectivity index (χ3n) is 4.10. The number of para-hydroxylation sites is 1. The van der Waals surface area contributed by atoms with Crippen LogP contribution in [-0.4, -0.2) is 10.5 Å². The van der Waals surface area contributed by atoms with Crippen LogP contribution in [0.15, 0.2) is 59.4 Å². The summed E-state index contributed by atoms with van der Waals surface area (Å²) < 4.78 is 1.55. The minimum Gasteiger partial charge on any atom is -0.348 e. The first-order valence-corrected chi connectivity index (χ1v) is 7.49. The molecule has 0 radical (unpaired) electrons. The number of aromatic nitrogens is 1. The molecule has 0 spiro atoms. The Bertz CT molecular complexity index is 941. The maximum atomic E-state index is 12.5. The Kier molecular flexibility index (Phi) is 3.98. The Morgan fingerprint density at radius 2 is 1.78 bits per heavy atom. The number of carbonyl (C=O) groups excluding carboxylic acids is 1. The summed E-state index contributed by atoms with van der Waals surface area (Å²) in [5.74, 6) is -0.234. The van der Waals surface area contributed by atoms with Gasteiger partial charge in [-0.1, -0.05) is 42.5 Å². The molecule has 0 saturated carbocycles. The van der Waals surface area contributed by atoms with Gasteiger partial charge in [-0.25, -0.2) is 0 Å². The van der Waals surface area contributed by atoms with Gasteiger partial charge in [0.2, 0.25) is 0 Å². The lowest BCUT2D eigenvalue weighted by Gasteiger charge is -2.11. The van der Waals surface area contributed by atoms with Gasteiger partial charge < -0.3 is 9.88 Å². The van der Waals surface area contributed by atoms with E-state index in [2.05, 4.69) is 5.32 Å². The molecule has 2 aromatic carbocycles. The summed E-state index contributed by atoms with van der Waals surface area (Å²) in [4.78, 5) is 24.6. The quantitative estimate of drug-likeness (QED) is 0.809. The van der Waals surface area contributed by atoms with Crippen LogP contribution in [0.2, 0.25) is 0 Å². The van der Waals surface area contributed by atoms with Gasteiger partial charge in [-0.05, 0) is 24.1 Å². The van der Waals surface area contributed by atoms with Gasteiger partial charge in [0.25, 0.3) is 11.5 Å². The van der Waals surface area contributed by atoms with Gasteiger partial charge >= 0.3 is 0 Å². The van der Waals surface area contributed by atoms with Crippen molar-refractivity contribution in [2.75, 3.05) is 0 Å². The number of fused-ring (bicyclic) bond motifs is 1. The van der Waals surface area contributed by atoms with Gasteiger partial charge in [0.1, 0.15) is 0 Å². The summed E-state index contributed by atoms with van der Waals surface area (Å²) >= 11 is 0. The zero-order valence-corrected chi connectivity index (χ0v) is 13.2. The second kappa shape index (κ2) is 6.08. The molecule has 3 rings (SSSR count). The smallest absolute Gasteiger partial charge is 0.252 e. The van der Waals surface area contributed by atoms with E-state index in [0.717, 1.165) is 22.0 Å². The molecule has 0 saturated heterocycles. The molecule has 23 heavy (non-hydrogen) atoms.